The lowest BCUT2D eigenvalue weighted by atomic mass is 9.88. The van der Waals surface area contributed by atoms with Gasteiger partial charge in [-0.05, 0) is 79.1 Å². The van der Waals surface area contributed by atoms with Gasteiger partial charge in [0.05, 0.1) is 0 Å². The Labute approximate surface area is 200 Å². The Bertz CT molecular complexity index is 980. The van der Waals surface area contributed by atoms with Crippen molar-refractivity contribution in [2.45, 2.75) is 71.5 Å². The van der Waals surface area contributed by atoms with Crippen molar-refractivity contribution >= 4 is 29.1 Å². The highest BCUT2D eigenvalue weighted by molar-refractivity contribution is 6.31. The molecule has 2 amide bonds. The predicted octanol–water partition coefficient (Wildman–Crippen LogP) is 5.77. The molecule has 2 aromatic rings. The van der Waals surface area contributed by atoms with Crippen LogP contribution in [0.3, 0.4) is 0 Å². The highest BCUT2D eigenvalue weighted by Gasteiger charge is 2.30. The van der Waals surface area contributed by atoms with Gasteiger partial charge < -0.3 is 16.0 Å². The Morgan fingerprint density at radius 3 is 2.33 bits per heavy atom. The lowest BCUT2D eigenvalue weighted by molar-refractivity contribution is -0.137. The molecule has 1 aliphatic carbocycles. The van der Waals surface area contributed by atoms with Gasteiger partial charge in [0.15, 0.2) is 0 Å². The number of carbonyl (C=O) groups excluding carboxylic acids is 2. The SMILES string of the molecule is CC(C)(C)CC(=O)N(Cc1cc(NC(=O)c2ccc(F)cc2)ccc1Cl)C1CCC(N)CC1. The second kappa shape index (κ2) is 10.7. The Balaban J connectivity index is 1.80. The molecule has 33 heavy (non-hydrogen) atoms. The average molecular weight is 474 g/mol. The van der Waals surface area contributed by atoms with E-state index in [4.69, 9.17) is 17.3 Å². The number of nitrogens with two attached hydrogens (primary N) is 1. The Morgan fingerprint density at radius 1 is 1.09 bits per heavy atom. The Hall–Kier alpha value is -2.44. The van der Waals surface area contributed by atoms with Crippen molar-refractivity contribution in [3.63, 3.8) is 0 Å². The van der Waals surface area contributed by atoms with E-state index in [1.165, 1.54) is 24.3 Å². The molecule has 0 spiro atoms. The van der Waals surface area contributed by atoms with Crippen LogP contribution in [-0.2, 0) is 11.3 Å². The van der Waals surface area contributed by atoms with E-state index < -0.39 is 5.82 Å². The summed E-state index contributed by atoms with van der Waals surface area (Å²) in [6.07, 6.45) is 3.97. The van der Waals surface area contributed by atoms with Gasteiger partial charge in [-0.25, -0.2) is 4.39 Å². The van der Waals surface area contributed by atoms with Crippen molar-refractivity contribution in [3.8, 4) is 0 Å². The van der Waals surface area contributed by atoms with Crippen LogP contribution in [0.1, 0.15) is 68.8 Å². The molecule has 0 aromatic heterocycles. The third-order valence-electron chi connectivity index (χ3n) is 5.93. The van der Waals surface area contributed by atoms with Crippen LogP contribution in [0.5, 0.6) is 0 Å². The van der Waals surface area contributed by atoms with Crippen LogP contribution in [0.15, 0.2) is 42.5 Å². The Morgan fingerprint density at radius 2 is 1.73 bits per heavy atom. The predicted molar refractivity (Wildman–Crippen MR) is 131 cm³/mol. The molecule has 0 aliphatic heterocycles. The number of anilines is 1. The molecule has 1 fully saturated rings. The monoisotopic (exact) mass is 473 g/mol. The molecule has 0 heterocycles. The molecule has 1 aliphatic rings. The number of carbonyl (C=O) groups is 2. The first-order valence-electron chi connectivity index (χ1n) is 11.4. The molecule has 3 rings (SSSR count). The lowest BCUT2D eigenvalue weighted by Crippen LogP contribution is -2.44. The molecule has 0 atom stereocenters. The summed E-state index contributed by atoms with van der Waals surface area (Å²) < 4.78 is 13.2. The highest BCUT2D eigenvalue weighted by atomic mass is 35.5. The number of halogens is 2. The largest absolute Gasteiger partial charge is 0.335 e. The number of nitrogens with one attached hydrogen (secondary N) is 1. The van der Waals surface area contributed by atoms with E-state index >= 15 is 0 Å². The van der Waals surface area contributed by atoms with Crippen LogP contribution < -0.4 is 11.1 Å². The number of hydrogen-bond donors (Lipinski definition) is 2. The van der Waals surface area contributed by atoms with Crippen LogP contribution >= 0.6 is 11.6 Å². The van der Waals surface area contributed by atoms with Gasteiger partial charge in [0.1, 0.15) is 5.82 Å². The van der Waals surface area contributed by atoms with Gasteiger partial charge in [-0.2, -0.15) is 0 Å². The number of benzene rings is 2. The highest BCUT2D eigenvalue weighted by Crippen LogP contribution is 2.30. The van der Waals surface area contributed by atoms with Crippen LogP contribution in [0.2, 0.25) is 5.02 Å². The summed E-state index contributed by atoms with van der Waals surface area (Å²) >= 11 is 6.50. The number of nitrogens with zero attached hydrogens (tertiary/aromatic N) is 1. The molecule has 0 unspecified atom stereocenters. The molecule has 0 bridgehead atoms. The zero-order valence-electron chi connectivity index (χ0n) is 19.5. The molecule has 1 saturated carbocycles. The van der Waals surface area contributed by atoms with Crippen LogP contribution in [0, 0.1) is 11.2 Å². The minimum atomic E-state index is -0.399. The summed E-state index contributed by atoms with van der Waals surface area (Å²) in [6.45, 7) is 6.53. The Kier molecular flexibility index (Phi) is 8.14. The molecular formula is C26H33ClFN3O2. The van der Waals surface area contributed by atoms with Gasteiger partial charge in [0.25, 0.3) is 5.91 Å². The van der Waals surface area contributed by atoms with E-state index in [2.05, 4.69) is 26.1 Å². The standard InChI is InChI=1S/C26H33ClFN3O2/c1-26(2,3)15-24(32)31(22-11-8-20(29)9-12-22)16-18-14-21(10-13-23(18)27)30-25(33)17-4-6-19(28)7-5-17/h4-7,10,13-14,20,22H,8-9,11-12,15-16,29H2,1-3H3,(H,30,33). The van der Waals surface area contributed by atoms with E-state index in [9.17, 15) is 14.0 Å². The fourth-order valence-corrected chi connectivity index (χ4v) is 4.33. The minimum absolute atomic E-state index is 0.0970. The summed E-state index contributed by atoms with van der Waals surface area (Å²) in [5.74, 6) is -0.644. The van der Waals surface area contributed by atoms with Gasteiger partial charge in [-0.1, -0.05) is 32.4 Å². The van der Waals surface area contributed by atoms with Crippen LogP contribution in [-0.4, -0.2) is 28.8 Å². The quantitative estimate of drug-likeness (QED) is 0.559. The maximum Gasteiger partial charge on any atom is 0.255 e. The molecule has 3 N–H and O–H groups in total. The number of hydrogen-bond acceptors (Lipinski definition) is 3. The molecule has 2 aromatic carbocycles. The lowest BCUT2D eigenvalue weighted by Gasteiger charge is -2.37. The van der Waals surface area contributed by atoms with Gasteiger partial charge in [-0.15, -0.1) is 0 Å². The number of amides is 2. The summed E-state index contributed by atoms with van der Waals surface area (Å²) in [5, 5.41) is 3.37. The summed E-state index contributed by atoms with van der Waals surface area (Å²) in [7, 11) is 0. The summed E-state index contributed by atoms with van der Waals surface area (Å²) in [6, 6.07) is 10.9. The van der Waals surface area contributed by atoms with E-state index in [0.29, 0.717) is 29.2 Å². The molecule has 178 valence electrons. The topological polar surface area (TPSA) is 75.4 Å². The third kappa shape index (κ3) is 7.27. The third-order valence-corrected chi connectivity index (χ3v) is 6.30. The van der Waals surface area contributed by atoms with E-state index in [1.54, 1.807) is 18.2 Å². The van der Waals surface area contributed by atoms with Crippen molar-refractivity contribution < 1.29 is 14.0 Å². The first-order chi connectivity index (χ1) is 15.5. The number of rotatable bonds is 6. The molecule has 7 heteroatoms. The second-order valence-electron chi connectivity index (χ2n) is 10.1. The minimum Gasteiger partial charge on any atom is -0.335 e. The second-order valence-corrected chi connectivity index (χ2v) is 10.5. The molecule has 0 saturated heterocycles. The van der Waals surface area contributed by atoms with Gasteiger partial charge in [0.2, 0.25) is 5.91 Å². The molecular weight excluding hydrogens is 441 g/mol. The maximum absolute atomic E-state index is 13.3. The average Bonchev–Trinajstić information content (AvgIpc) is 2.74. The maximum atomic E-state index is 13.3. The van der Waals surface area contributed by atoms with Crippen molar-refractivity contribution in [2.24, 2.45) is 11.1 Å². The zero-order chi connectivity index (χ0) is 24.2. The first-order valence-corrected chi connectivity index (χ1v) is 11.8. The fraction of sp³-hybridized carbons (Fsp3) is 0.462. The van der Waals surface area contributed by atoms with Gasteiger partial charge in [-0.3, -0.25) is 9.59 Å². The van der Waals surface area contributed by atoms with E-state index in [1.807, 2.05) is 4.90 Å². The molecule has 5 nitrogen and oxygen atoms in total. The van der Waals surface area contributed by atoms with Crippen molar-refractivity contribution in [1.82, 2.24) is 4.90 Å². The summed E-state index contributed by atoms with van der Waals surface area (Å²) in [5.41, 5.74) is 7.65. The van der Waals surface area contributed by atoms with Crippen molar-refractivity contribution in [1.29, 1.82) is 0 Å². The summed E-state index contributed by atoms with van der Waals surface area (Å²) in [4.78, 5) is 27.8. The van der Waals surface area contributed by atoms with Crippen molar-refractivity contribution in [3.05, 3.63) is 64.4 Å². The smallest absolute Gasteiger partial charge is 0.255 e. The van der Waals surface area contributed by atoms with Crippen LogP contribution in [0.4, 0.5) is 10.1 Å². The van der Waals surface area contributed by atoms with Gasteiger partial charge in [0, 0.05) is 41.3 Å². The van der Waals surface area contributed by atoms with Crippen LogP contribution in [0.25, 0.3) is 0 Å². The van der Waals surface area contributed by atoms with Crippen molar-refractivity contribution in [2.75, 3.05) is 5.32 Å². The van der Waals surface area contributed by atoms with Gasteiger partial charge >= 0.3 is 0 Å². The zero-order valence-corrected chi connectivity index (χ0v) is 20.3. The molecule has 0 radical (unpaired) electrons. The van der Waals surface area contributed by atoms with E-state index in [0.717, 1.165) is 31.2 Å². The normalized spacial score (nSPS) is 18.6. The van der Waals surface area contributed by atoms with E-state index in [-0.39, 0.29) is 29.3 Å². The fourth-order valence-electron chi connectivity index (χ4n) is 4.15. The first kappa shape index (κ1) is 25.2.